The molecule has 0 aliphatic carbocycles. The highest BCUT2D eigenvalue weighted by atomic mass is 32.1. The number of rotatable bonds is 3. The topological polar surface area (TPSA) is 56.4 Å². The Morgan fingerprint density at radius 1 is 0.967 bits per heavy atom. The smallest absolute Gasteiger partial charge is 0.263 e. The van der Waals surface area contributed by atoms with Gasteiger partial charge in [-0.1, -0.05) is 24.3 Å². The van der Waals surface area contributed by atoms with Gasteiger partial charge >= 0.3 is 0 Å². The SMILES string of the molecule is O=C(c1cccs1)N1CCC[C@@H](C(=O)N2CCC(c3c[nH]c4ccccc34)CC2)C1. The van der Waals surface area contributed by atoms with E-state index in [4.69, 9.17) is 0 Å². The predicted octanol–water partition coefficient (Wildman–Crippen LogP) is 4.49. The van der Waals surface area contributed by atoms with Crippen molar-refractivity contribution in [1.29, 1.82) is 0 Å². The number of aromatic amines is 1. The standard InChI is InChI=1S/C24H27N3O2S/c28-23(18-5-3-11-27(16-18)24(29)22-8-4-14-30-22)26-12-9-17(10-13-26)20-15-25-21-7-2-1-6-19(20)21/h1-2,4,6-8,14-15,17-18,25H,3,5,9-13,16H2/t18-/m1/s1. The van der Waals surface area contributed by atoms with Gasteiger partial charge in [0, 0.05) is 43.3 Å². The largest absolute Gasteiger partial charge is 0.361 e. The van der Waals surface area contributed by atoms with Crippen molar-refractivity contribution in [2.24, 2.45) is 5.92 Å². The number of hydrogen-bond acceptors (Lipinski definition) is 3. The van der Waals surface area contributed by atoms with Crippen molar-refractivity contribution in [3.05, 3.63) is 58.4 Å². The van der Waals surface area contributed by atoms with Crippen LogP contribution in [0.5, 0.6) is 0 Å². The molecule has 156 valence electrons. The minimum atomic E-state index is -0.0627. The molecule has 30 heavy (non-hydrogen) atoms. The molecule has 1 N–H and O–H groups in total. The molecule has 0 saturated carbocycles. The summed E-state index contributed by atoms with van der Waals surface area (Å²) in [6.45, 7) is 2.91. The number of hydrogen-bond donors (Lipinski definition) is 1. The number of carbonyl (C=O) groups is 2. The summed E-state index contributed by atoms with van der Waals surface area (Å²) in [5.41, 5.74) is 2.56. The Kier molecular flexibility index (Phi) is 5.34. The van der Waals surface area contributed by atoms with E-state index in [1.54, 1.807) is 0 Å². The number of para-hydroxylation sites is 1. The highest BCUT2D eigenvalue weighted by Gasteiger charge is 2.33. The minimum absolute atomic E-state index is 0.0627. The van der Waals surface area contributed by atoms with Gasteiger partial charge in [0.2, 0.25) is 5.91 Å². The van der Waals surface area contributed by atoms with E-state index < -0.39 is 0 Å². The second kappa shape index (κ2) is 8.26. The highest BCUT2D eigenvalue weighted by molar-refractivity contribution is 7.12. The van der Waals surface area contributed by atoms with Gasteiger partial charge in [0.05, 0.1) is 10.8 Å². The van der Waals surface area contributed by atoms with Crippen LogP contribution in [0.3, 0.4) is 0 Å². The zero-order chi connectivity index (χ0) is 20.5. The molecule has 0 spiro atoms. The van der Waals surface area contributed by atoms with Crippen LogP contribution < -0.4 is 0 Å². The predicted molar refractivity (Wildman–Crippen MR) is 120 cm³/mol. The molecule has 2 saturated heterocycles. The van der Waals surface area contributed by atoms with Gasteiger partial charge in [-0.15, -0.1) is 11.3 Å². The van der Waals surface area contributed by atoms with Crippen LogP contribution in [0.1, 0.15) is 46.8 Å². The first kappa shape index (κ1) is 19.4. The summed E-state index contributed by atoms with van der Waals surface area (Å²) in [6.07, 6.45) is 5.92. The molecule has 2 amide bonds. The Bertz CT molecular complexity index is 1030. The Labute approximate surface area is 180 Å². The molecule has 2 aromatic heterocycles. The summed E-state index contributed by atoms with van der Waals surface area (Å²) in [5, 5.41) is 3.23. The third kappa shape index (κ3) is 3.65. The molecule has 2 fully saturated rings. The van der Waals surface area contributed by atoms with Crippen LogP contribution in [0.25, 0.3) is 10.9 Å². The molecule has 6 heteroatoms. The van der Waals surface area contributed by atoms with Gasteiger partial charge in [0.15, 0.2) is 0 Å². The van der Waals surface area contributed by atoms with Gasteiger partial charge in [0.1, 0.15) is 0 Å². The molecular formula is C24H27N3O2S. The number of thiophene rings is 1. The van der Waals surface area contributed by atoms with Crippen molar-refractivity contribution in [1.82, 2.24) is 14.8 Å². The molecule has 5 nitrogen and oxygen atoms in total. The molecule has 3 aromatic rings. The zero-order valence-corrected chi connectivity index (χ0v) is 17.9. The van der Waals surface area contributed by atoms with Gasteiger partial charge in [-0.05, 0) is 54.7 Å². The summed E-state index contributed by atoms with van der Waals surface area (Å²) >= 11 is 1.47. The van der Waals surface area contributed by atoms with E-state index in [2.05, 4.69) is 35.4 Å². The minimum Gasteiger partial charge on any atom is -0.361 e. The van der Waals surface area contributed by atoms with E-state index in [0.717, 1.165) is 50.2 Å². The fraction of sp³-hybridized carbons (Fsp3) is 0.417. The maximum Gasteiger partial charge on any atom is 0.263 e. The molecule has 2 aliphatic heterocycles. The van der Waals surface area contributed by atoms with Crippen LogP contribution in [-0.2, 0) is 4.79 Å². The zero-order valence-electron chi connectivity index (χ0n) is 17.0. The second-order valence-corrected chi connectivity index (χ2v) is 9.40. The summed E-state index contributed by atoms with van der Waals surface area (Å²) in [5.74, 6) is 0.734. The van der Waals surface area contributed by atoms with E-state index in [-0.39, 0.29) is 17.7 Å². The third-order valence-corrected chi connectivity index (χ3v) is 7.52. The van der Waals surface area contributed by atoms with E-state index in [1.807, 2.05) is 27.3 Å². The molecule has 0 radical (unpaired) electrons. The maximum atomic E-state index is 13.2. The summed E-state index contributed by atoms with van der Waals surface area (Å²) < 4.78 is 0. The molecule has 0 unspecified atom stereocenters. The Morgan fingerprint density at radius 2 is 1.80 bits per heavy atom. The number of amides is 2. The molecule has 1 aromatic carbocycles. The van der Waals surface area contributed by atoms with Crippen molar-refractivity contribution in [3.8, 4) is 0 Å². The average Bonchev–Trinajstić information content (AvgIpc) is 3.49. The number of likely N-dealkylation sites (tertiary alicyclic amines) is 2. The maximum absolute atomic E-state index is 13.2. The van der Waals surface area contributed by atoms with Crippen LogP contribution in [0.15, 0.2) is 48.0 Å². The molecule has 0 bridgehead atoms. The van der Waals surface area contributed by atoms with Gasteiger partial charge in [-0.3, -0.25) is 9.59 Å². The number of benzene rings is 1. The van der Waals surface area contributed by atoms with Crippen LogP contribution >= 0.6 is 11.3 Å². The van der Waals surface area contributed by atoms with E-state index >= 15 is 0 Å². The quantitative estimate of drug-likeness (QED) is 0.678. The number of fused-ring (bicyclic) bond motifs is 1. The highest BCUT2D eigenvalue weighted by Crippen LogP contribution is 2.34. The summed E-state index contributed by atoms with van der Waals surface area (Å²) in [7, 11) is 0. The number of aromatic nitrogens is 1. The van der Waals surface area contributed by atoms with Crippen molar-refractivity contribution < 1.29 is 9.59 Å². The fourth-order valence-electron chi connectivity index (χ4n) is 5.02. The third-order valence-electron chi connectivity index (χ3n) is 6.66. The van der Waals surface area contributed by atoms with E-state index in [9.17, 15) is 9.59 Å². The lowest BCUT2D eigenvalue weighted by Gasteiger charge is -2.37. The molecule has 2 aliphatic rings. The number of carbonyl (C=O) groups excluding carboxylic acids is 2. The van der Waals surface area contributed by atoms with Crippen LogP contribution in [0, 0.1) is 5.92 Å². The lowest BCUT2D eigenvalue weighted by molar-refractivity contribution is -0.138. The first-order chi connectivity index (χ1) is 14.7. The van der Waals surface area contributed by atoms with Crippen molar-refractivity contribution in [2.75, 3.05) is 26.2 Å². The normalized spacial score (nSPS) is 20.6. The average molecular weight is 422 g/mol. The summed E-state index contributed by atoms with van der Waals surface area (Å²) in [6, 6.07) is 12.2. The van der Waals surface area contributed by atoms with Gasteiger partial charge in [-0.2, -0.15) is 0 Å². The lowest BCUT2D eigenvalue weighted by Crippen LogP contribution is -2.48. The molecule has 1 atom stereocenters. The molecule has 4 heterocycles. The number of H-pyrrole nitrogens is 1. The van der Waals surface area contributed by atoms with E-state index in [1.165, 1.54) is 27.8 Å². The van der Waals surface area contributed by atoms with Crippen molar-refractivity contribution in [2.45, 2.75) is 31.6 Å². The Hall–Kier alpha value is -2.60. The fourth-order valence-corrected chi connectivity index (χ4v) is 5.71. The molecule has 5 rings (SSSR count). The summed E-state index contributed by atoms with van der Waals surface area (Å²) in [4.78, 5) is 33.9. The Balaban J connectivity index is 1.21. The number of nitrogens with zero attached hydrogens (tertiary/aromatic N) is 2. The lowest BCUT2D eigenvalue weighted by atomic mass is 9.88. The van der Waals surface area contributed by atoms with Gasteiger partial charge in [0.25, 0.3) is 5.91 Å². The second-order valence-electron chi connectivity index (χ2n) is 8.46. The first-order valence-electron chi connectivity index (χ1n) is 10.9. The molecular weight excluding hydrogens is 394 g/mol. The van der Waals surface area contributed by atoms with Crippen LogP contribution in [0.2, 0.25) is 0 Å². The van der Waals surface area contributed by atoms with Crippen LogP contribution in [0.4, 0.5) is 0 Å². The van der Waals surface area contributed by atoms with Crippen molar-refractivity contribution in [3.63, 3.8) is 0 Å². The monoisotopic (exact) mass is 421 g/mol. The van der Waals surface area contributed by atoms with Gasteiger partial charge < -0.3 is 14.8 Å². The first-order valence-corrected chi connectivity index (χ1v) is 11.8. The number of nitrogens with one attached hydrogen (secondary N) is 1. The number of piperidine rings is 2. The van der Waals surface area contributed by atoms with Crippen molar-refractivity contribution >= 4 is 34.1 Å². The Morgan fingerprint density at radius 3 is 2.60 bits per heavy atom. The van der Waals surface area contributed by atoms with Gasteiger partial charge in [-0.25, -0.2) is 0 Å². The van der Waals surface area contributed by atoms with E-state index in [0.29, 0.717) is 12.5 Å². The van der Waals surface area contributed by atoms with Crippen LogP contribution in [-0.4, -0.2) is 52.8 Å².